The highest BCUT2D eigenvalue weighted by molar-refractivity contribution is 7.13. The molecule has 0 atom stereocenters. The van der Waals surface area contributed by atoms with E-state index in [1.807, 2.05) is 12.3 Å². The lowest BCUT2D eigenvalue weighted by Gasteiger charge is -2.09. The fourth-order valence-corrected chi connectivity index (χ4v) is 1.94. The molecule has 5 nitrogen and oxygen atoms in total. The number of hydrogen-bond acceptors (Lipinski definition) is 6. The molecule has 0 amide bonds. The first-order valence-corrected chi connectivity index (χ1v) is 5.90. The predicted molar refractivity (Wildman–Crippen MR) is 60.0 cm³/mol. The van der Waals surface area contributed by atoms with E-state index in [0.29, 0.717) is 10.9 Å². The van der Waals surface area contributed by atoms with Gasteiger partial charge in [0, 0.05) is 5.38 Å². The van der Waals surface area contributed by atoms with Crippen LogP contribution in [-0.2, 0) is 12.0 Å². The van der Waals surface area contributed by atoms with E-state index in [0.717, 1.165) is 12.1 Å². The van der Waals surface area contributed by atoms with Crippen molar-refractivity contribution in [1.29, 1.82) is 0 Å². The zero-order valence-electron chi connectivity index (χ0n) is 9.39. The number of aliphatic hydroxyl groups is 1. The summed E-state index contributed by atoms with van der Waals surface area (Å²) in [5.74, 6) is 0.567. The minimum Gasteiger partial charge on any atom is -0.415 e. The lowest BCUT2D eigenvalue weighted by Crippen LogP contribution is -2.15. The van der Waals surface area contributed by atoms with Crippen molar-refractivity contribution in [2.45, 2.75) is 32.8 Å². The number of hydrogen-bond donors (Lipinski definition) is 1. The average molecular weight is 239 g/mol. The summed E-state index contributed by atoms with van der Waals surface area (Å²) in [7, 11) is 0. The second kappa shape index (κ2) is 3.95. The van der Waals surface area contributed by atoms with Crippen LogP contribution in [0.4, 0.5) is 0 Å². The van der Waals surface area contributed by atoms with Gasteiger partial charge < -0.3 is 9.52 Å². The van der Waals surface area contributed by atoms with Crippen LogP contribution in [-0.4, -0.2) is 20.3 Å². The fourth-order valence-electron chi connectivity index (χ4n) is 1.12. The highest BCUT2D eigenvalue weighted by Crippen LogP contribution is 2.26. The zero-order valence-corrected chi connectivity index (χ0v) is 10.2. The summed E-state index contributed by atoms with van der Waals surface area (Å²) in [6.07, 6.45) is 0.878. The molecule has 0 aliphatic heterocycles. The van der Waals surface area contributed by atoms with Crippen molar-refractivity contribution in [3.63, 3.8) is 0 Å². The Morgan fingerprint density at radius 3 is 2.69 bits per heavy atom. The third-order valence-corrected chi connectivity index (χ3v) is 2.92. The van der Waals surface area contributed by atoms with Gasteiger partial charge in [0.15, 0.2) is 5.01 Å². The molecule has 86 valence electrons. The summed E-state index contributed by atoms with van der Waals surface area (Å²) in [5.41, 5.74) is -0.112. The first-order chi connectivity index (χ1) is 7.50. The van der Waals surface area contributed by atoms with Crippen LogP contribution in [0.15, 0.2) is 9.80 Å². The molecule has 0 unspecified atom stereocenters. The van der Waals surface area contributed by atoms with E-state index in [2.05, 4.69) is 15.2 Å². The summed E-state index contributed by atoms with van der Waals surface area (Å²) in [6.45, 7) is 5.24. The zero-order chi connectivity index (χ0) is 11.8. The molecule has 6 heteroatoms. The van der Waals surface area contributed by atoms with Gasteiger partial charge in [0.05, 0.1) is 5.69 Å². The molecule has 16 heavy (non-hydrogen) atoms. The first kappa shape index (κ1) is 11.2. The molecule has 2 aromatic heterocycles. The second-order valence-corrected chi connectivity index (χ2v) is 4.83. The predicted octanol–water partition coefficient (Wildman–Crippen LogP) is 1.98. The Morgan fingerprint density at radius 2 is 2.19 bits per heavy atom. The molecule has 0 bridgehead atoms. The van der Waals surface area contributed by atoms with E-state index < -0.39 is 5.60 Å². The van der Waals surface area contributed by atoms with E-state index in [4.69, 9.17) is 4.42 Å². The lowest BCUT2D eigenvalue weighted by molar-refractivity contribution is 0.0488. The van der Waals surface area contributed by atoms with Gasteiger partial charge in [0.25, 0.3) is 5.89 Å². The summed E-state index contributed by atoms with van der Waals surface area (Å²) in [4.78, 5) is 4.34. The number of thiazole rings is 1. The van der Waals surface area contributed by atoms with E-state index in [-0.39, 0.29) is 5.89 Å². The number of aromatic nitrogens is 3. The Kier molecular flexibility index (Phi) is 2.77. The average Bonchev–Trinajstić information content (AvgIpc) is 2.85. The molecule has 2 heterocycles. The van der Waals surface area contributed by atoms with Crippen molar-refractivity contribution in [2.75, 3.05) is 0 Å². The second-order valence-electron chi connectivity index (χ2n) is 3.97. The highest BCUT2D eigenvalue weighted by Gasteiger charge is 2.24. The molecule has 0 radical (unpaired) electrons. The van der Waals surface area contributed by atoms with E-state index in [1.54, 1.807) is 13.8 Å². The van der Waals surface area contributed by atoms with Crippen LogP contribution in [0.1, 0.15) is 32.4 Å². The van der Waals surface area contributed by atoms with E-state index in [1.165, 1.54) is 11.3 Å². The van der Waals surface area contributed by atoms with Crippen LogP contribution in [0.3, 0.4) is 0 Å². The maximum atomic E-state index is 9.69. The van der Waals surface area contributed by atoms with Crippen LogP contribution in [0, 0.1) is 0 Å². The van der Waals surface area contributed by atoms with Gasteiger partial charge in [0.2, 0.25) is 5.89 Å². The molecule has 0 aromatic carbocycles. The Balaban J connectivity index is 2.31. The van der Waals surface area contributed by atoms with Gasteiger partial charge in [-0.2, -0.15) is 0 Å². The van der Waals surface area contributed by atoms with E-state index in [9.17, 15) is 5.11 Å². The molecule has 0 aliphatic rings. The molecule has 2 aromatic rings. The van der Waals surface area contributed by atoms with Crippen molar-refractivity contribution in [2.24, 2.45) is 0 Å². The van der Waals surface area contributed by atoms with Crippen LogP contribution in [0.5, 0.6) is 0 Å². The van der Waals surface area contributed by atoms with Crippen molar-refractivity contribution < 1.29 is 9.52 Å². The Labute approximate surface area is 97.2 Å². The summed E-state index contributed by atoms with van der Waals surface area (Å²) in [6, 6.07) is 0. The van der Waals surface area contributed by atoms with Crippen LogP contribution in [0.25, 0.3) is 10.9 Å². The van der Waals surface area contributed by atoms with Gasteiger partial charge in [-0.25, -0.2) is 4.98 Å². The third kappa shape index (κ3) is 2.12. The van der Waals surface area contributed by atoms with Crippen LogP contribution < -0.4 is 0 Å². The molecular weight excluding hydrogens is 226 g/mol. The van der Waals surface area contributed by atoms with Crippen molar-refractivity contribution in [3.05, 3.63) is 17.0 Å². The molecule has 0 fully saturated rings. The topological polar surface area (TPSA) is 72.0 Å². The first-order valence-electron chi connectivity index (χ1n) is 5.02. The highest BCUT2D eigenvalue weighted by atomic mass is 32.1. The summed E-state index contributed by atoms with van der Waals surface area (Å²) >= 11 is 1.46. The normalized spacial score (nSPS) is 12.0. The maximum absolute atomic E-state index is 9.69. The summed E-state index contributed by atoms with van der Waals surface area (Å²) < 4.78 is 5.37. The maximum Gasteiger partial charge on any atom is 0.276 e. The summed E-state index contributed by atoms with van der Waals surface area (Å²) in [5, 5.41) is 20.0. The molecule has 0 spiro atoms. The van der Waals surface area contributed by atoms with Crippen molar-refractivity contribution in [3.8, 4) is 10.9 Å². The molecule has 0 saturated heterocycles. The van der Waals surface area contributed by atoms with Gasteiger partial charge in [-0.15, -0.1) is 21.5 Å². The fraction of sp³-hybridized carbons (Fsp3) is 0.500. The third-order valence-electron chi connectivity index (χ3n) is 2.05. The molecule has 1 N–H and O–H groups in total. The molecule has 2 rings (SSSR count). The quantitative estimate of drug-likeness (QED) is 0.886. The van der Waals surface area contributed by atoms with Crippen molar-refractivity contribution in [1.82, 2.24) is 15.2 Å². The number of aryl methyl sites for hydroxylation is 1. The number of nitrogens with zero attached hydrogens (tertiary/aromatic N) is 3. The monoisotopic (exact) mass is 239 g/mol. The van der Waals surface area contributed by atoms with Gasteiger partial charge in [0.1, 0.15) is 5.60 Å². The van der Waals surface area contributed by atoms with Crippen molar-refractivity contribution >= 4 is 11.3 Å². The lowest BCUT2D eigenvalue weighted by atomic mass is 10.1. The Bertz CT molecular complexity index is 484. The molecule has 0 aliphatic carbocycles. The Morgan fingerprint density at radius 1 is 1.44 bits per heavy atom. The largest absolute Gasteiger partial charge is 0.415 e. The van der Waals surface area contributed by atoms with Gasteiger partial charge in [-0.1, -0.05) is 6.92 Å². The number of rotatable bonds is 3. The van der Waals surface area contributed by atoms with E-state index >= 15 is 0 Å². The van der Waals surface area contributed by atoms with Gasteiger partial charge >= 0.3 is 0 Å². The molecule has 0 saturated carbocycles. The smallest absolute Gasteiger partial charge is 0.276 e. The van der Waals surface area contributed by atoms with Crippen LogP contribution >= 0.6 is 11.3 Å². The van der Waals surface area contributed by atoms with Crippen LogP contribution in [0.2, 0.25) is 0 Å². The standard InChI is InChI=1S/C10H13N3O2S/c1-4-6-5-16-8(11-6)7-12-13-9(15-7)10(2,3)14/h5,14H,4H2,1-3H3. The SMILES string of the molecule is CCc1csc(-c2nnc(C(C)(C)O)o2)n1. The van der Waals surface area contributed by atoms with Gasteiger partial charge in [-0.05, 0) is 20.3 Å². The minimum atomic E-state index is -1.11. The Hall–Kier alpha value is -1.27. The minimum absolute atomic E-state index is 0.204. The van der Waals surface area contributed by atoms with Gasteiger partial charge in [-0.3, -0.25) is 0 Å². The molecular formula is C10H13N3O2S.